The van der Waals surface area contributed by atoms with Gasteiger partial charge in [0, 0.05) is 50.5 Å². The van der Waals surface area contributed by atoms with Crippen molar-refractivity contribution in [2.75, 3.05) is 39.5 Å². The van der Waals surface area contributed by atoms with E-state index in [-0.39, 0.29) is 24.3 Å². The van der Waals surface area contributed by atoms with E-state index in [4.69, 9.17) is 14.6 Å². The molecule has 1 aromatic carbocycles. The van der Waals surface area contributed by atoms with Gasteiger partial charge in [-0.05, 0) is 75.6 Å². The average molecular weight is 511 g/mol. The molecule has 1 saturated heterocycles. The lowest BCUT2D eigenvalue weighted by Crippen LogP contribution is -2.28. The first-order valence-electron chi connectivity index (χ1n) is 13.5. The molecule has 2 aliphatic rings. The van der Waals surface area contributed by atoms with E-state index in [1.54, 1.807) is 28.9 Å². The van der Waals surface area contributed by atoms with Gasteiger partial charge in [-0.15, -0.1) is 0 Å². The van der Waals surface area contributed by atoms with Crippen molar-refractivity contribution in [2.45, 2.75) is 58.9 Å². The fourth-order valence-corrected chi connectivity index (χ4v) is 4.91. The third kappa shape index (κ3) is 6.77. The van der Waals surface area contributed by atoms with Gasteiger partial charge in [0.05, 0.1) is 17.9 Å². The topological polar surface area (TPSA) is 103 Å². The molecule has 1 aromatic heterocycles. The normalized spacial score (nSPS) is 17.5. The van der Waals surface area contributed by atoms with Crippen LogP contribution in [0.1, 0.15) is 82.0 Å². The zero-order chi connectivity index (χ0) is 26.2. The summed E-state index contributed by atoms with van der Waals surface area (Å²) in [5.41, 5.74) is 3.48. The molecule has 2 amide bonds. The molecule has 37 heavy (non-hydrogen) atoms. The van der Waals surface area contributed by atoms with E-state index in [0.29, 0.717) is 56.0 Å². The molecule has 2 aromatic rings. The van der Waals surface area contributed by atoms with E-state index in [2.05, 4.69) is 5.32 Å². The van der Waals surface area contributed by atoms with Crippen LogP contribution >= 0.6 is 0 Å². The summed E-state index contributed by atoms with van der Waals surface area (Å²) in [6.45, 7) is 8.27. The lowest BCUT2D eigenvalue weighted by atomic mass is 9.99. The zero-order valence-corrected chi connectivity index (χ0v) is 22.0. The summed E-state index contributed by atoms with van der Waals surface area (Å²) in [6.07, 6.45) is 5.00. The summed E-state index contributed by atoms with van der Waals surface area (Å²) in [6, 6.07) is 6.68. The van der Waals surface area contributed by atoms with Crippen LogP contribution in [0.25, 0.3) is 0 Å². The van der Waals surface area contributed by atoms with E-state index in [1.165, 1.54) is 0 Å². The predicted octanol–water partition coefficient (Wildman–Crippen LogP) is 3.26. The highest BCUT2D eigenvalue weighted by Crippen LogP contribution is 2.22. The fraction of sp³-hybridized carbons (Fsp3) is 0.571. The number of likely N-dealkylation sites (tertiary alicyclic amines) is 1. The van der Waals surface area contributed by atoms with E-state index in [9.17, 15) is 14.4 Å². The number of ether oxygens (including phenoxy) is 2. The molecule has 0 spiro atoms. The van der Waals surface area contributed by atoms with Crippen LogP contribution in [0.4, 0.5) is 0 Å². The van der Waals surface area contributed by atoms with Crippen LogP contribution in [-0.2, 0) is 28.9 Å². The molecule has 0 saturated carbocycles. The fourth-order valence-electron chi connectivity index (χ4n) is 4.91. The van der Waals surface area contributed by atoms with Gasteiger partial charge in [0.25, 0.3) is 11.8 Å². The second kappa shape index (κ2) is 12.9. The molecular weight excluding hydrogens is 472 g/mol. The highest BCUT2D eigenvalue weighted by Gasteiger charge is 2.25. The van der Waals surface area contributed by atoms with Crippen LogP contribution < -0.4 is 5.32 Å². The Bertz CT molecular complexity index is 1090. The second-order valence-corrected chi connectivity index (χ2v) is 9.90. The molecule has 200 valence electrons. The first-order valence-corrected chi connectivity index (χ1v) is 13.5. The number of hydrogen-bond donors (Lipinski definition) is 1. The zero-order valence-electron chi connectivity index (χ0n) is 22.0. The van der Waals surface area contributed by atoms with Crippen molar-refractivity contribution in [1.82, 2.24) is 20.0 Å². The number of hydrogen-bond acceptors (Lipinski definition) is 6. The van der Waals surface area contributed by atoms with Gasteiger partial charge in [0.1, 0.15) is 5.69 Å². The molecule has 1 atom stereocenters. The summed E-state index contributed by atoms with van der Waals surface area (Å²) in [4.78, 5) is 39.9. The van der Waals surface area contributed by atoms with Crippen LogP contribution in [0.2, 0.25) is 0 Å². The van der Waals surface area contributed by atoms with Crippen molar-refractivity contribution in [3.05, 3.63) is 52.3 Å². The van der Waals surface area contributed by atoms with Crippen molar-refractivity contribution in [3.63, 3.8) is 0 Å². The van der Waals surface area contributed by atoms with E-state index >= 15 is 0 Å². The number of carbonyl (C=O) groups excluding carboxylic acids is 3. The Morgan fingerprint density at radius 3 is 2.51 bits per heavy atom. The Labute approximate surface area is 218 Å². The minimum Gasteiger partial charge on any atom is -0.462 e. The molecule has 0 aliphatic carbocycles. The number of aryl methyl sites for hydroxylation is 1. The largest absolute Gasteiger partial charge is 0.462 e. The maximum atomic E-state index is 12.9. The monoisotopic (exact) mass is 510 g/mol. The Kier molecular flexibility index (Phi) is 9.33. The number of aromatic nitrogens is 2. The highest BCUT2D eigenvalue weighted by atomic mass is 16.5. The van der Waals surface area contributed by atoms with Gasteiger partial charge in [-0.25, -0.2) is 4.79 Å². The molecule has 9 nitrogen and oxygen atoms in total. The number of benzene rings is 1. The highest BCUT2D eigenvalue weighted by molar-refractivity contribution is 5.96. The Hall–Kier alpha value is -3.20. The minimum atomic E-state index is -0.415. The SMILES string of the molecule is CCn1nc(C[C@@H](C)COC(=O)c2ccc(C(=O)N3CCCC3)cc2)c2c1C(=O)NCCCOCCC2. The quantitative estimate of drug-likeness (QED) is 0.574. The Morgan fingerprint density at radius 2 is 1.78 bits per heavy atom. The smallest absolute Gasteiger partial charge is 0.338 e. The molecule has 2 aliphatic heterocycles. The molecule has 3 heterocycles. The number of esters is 1. The molecule has 1 N–H and O–H groups in total. The van der Waals surface area contributed by atoms with Gasteiger partial charge in [-0.2, -0.15) is 5.10 Å². The molecule has 0 radical (unpaired) electrons. The molecule has 4 rings (SSSR count). The van der Waals surface area contributed by atoms with Crippen LogP contribution in [0.15, 0.2) is 24.3 Å². The maximum absolute atomic E-state index is 12.9. The number of fused-ring (bicyclic) bond motifs is 1. The van der Waals surface area contributed by atoms with Gasteiger partial charge in [-0.1, -0.05) is 6.92 Å². The van der Waals surface area contributed by atoms with Gasteiger partial charge >= 0.3 is 5.97 Å². The number of rotatable bonds is 7. The number of amides is 2. The first-order chi connectivity index (χ1) is 18.0. The summed E-state index contributed by atoms with van der Waals surface area (Å²) in [7, 11) is 0. The van der Waals surface area contributed by atoms with E-state index in [1.807, 2.05) is 18.7 Å². The van der Waals surface area contributed by atoms with Crippen LogP contribution in [-0.4, -0.2) is 71.9 Å². The van der Waals surface area contributed by atoms with Gasteiger partial charge in [0.15, 0.2) is 0 Å². The lowest BCUT2D eigenvalue weighted by molar-refractivity contribution is 0.0448. The van der Waals surface area contributed by atoms with Crippen LogP contribution in [0.5, 0.6) is 0 Å². The van der Waals surface area contributed by atoms with Crippen molar-refractivity contribution in [3.8, 4) is 0 Å². The van der Waals surface area contributed by atoms with Gasteiger partial charge < -0.3 is 19.7 Å². The summed E-state index contributed by atoms with van der Waals surface area (Å²) >= 11 is 0. The molecule has 1 fully saturated rings. The number of nitrogens with one attached hydrogen (secondary N) is 1. The number of carbonyl (C=O) groups is 3. The molecular formula is C28H38N4O5. The van der Waals surface area contributed by atoms with E-state index in [0.717, 1.165) is 50.0 Å². The van der Waals surface area contributed by atoms with Crippen molar-refractivity contribution in [1.29, 1.82) is 0 Å². The summed E-state index contributed by atoms with van der Waals surface area (Å²) in [5, 5.41) is 7.74. The first kappa shape index (κ1) is 26.9. The van der Waals surface area contributed by atoms with Gasteiger partial charge in [-0.3, -0.25) is 14.3 Å². The molecule has 0 unspecified atom stereocenters. The summed E-state index contributed by atoms with van der Waals surface area (Å²) < 4.78 is 13.0. The Morgan fingerprint density at radius 1 is 1.08 bits per heavy atom. The average Bonchev–Trinajstić information content (AvgIpc) is 3.56. The van der Waals surface area contributed by atoms with Crippen molar-refractivity contribution >= 4 is 17.8 Å². The third-order valence-electron chi connectivity index (χ3n) is 6.92. The number of nitrogens with zero attached hydrogens (tertiary/aromatic N) is 3. The molecule has 9 heteroatoms. The van der Waals surface area contributed by atoms with E-state index < -0.39 is 5.97 Å². The van der Waals surface area contributed by atoms with Gasteiger partial charge in [0.2, 0.25) is 0 Å². The third-order valence-corrected chi connectivity index (χ3v) is 6.92. The van der Waals surface area contributed by atoms with Crippen molar-refractivity contribution in [2.24, 2.45) is 5.92 Å². The maximum Gasteiger partial charge on any atom is 0.338 e. The second-order valence-electron chi connectivity index (χ2n) is 9.90. The standard InChI is InChI=1S/C28H38N4O5/c1-3-32-25-23(8-6-16-36-17-7-13-29-26(25)33)24(30-32)18-20(2)19-37-28(35)22-11-9-21(10-12-22)27(34)31-14-4-5-15-31/h9-12,20H,3-8,13-19H2,1-2H3,(H,29,33)/t20-/m1/s1. The summed E-state index contributed by atoms with van der Waals surface area (Å²) in [5.74, 6) is -0.485. The van der Waals surface area contributed by atoms with Crippen molar-refractivity contribution < 1.29 is 23.9 Å². The predicted molar refractivity (Wildman–Crippen MR) is 139 cm³/mol. The van der Waals surface area contributed by atoms with Crippen LogP contribution in [0.3, 0.4) is 0 Å². The van der Waals surface area contributed by atoms with Crippen LogP contribution in [0, 0.1) is 5.92 Å². The lowest BCUT2D eigenvalue weighted by Gasteiger charge is -2.15. The molecule has 0 bridgehead atoms. The minimum absolute atomic E-state index is 0.00887. The Balaban J connectivity index is 1.37.